The Hall–Kier alpha value is -2.35. The molecule has 2 aliphatic rings. The van der Waals surface area contributed by atoms with Gasteiger partial charge in [-0.25, -0.2) is 0 Å². The molecule has 0 saturated carbocycles. The Labute approximate surface area is 183 Å². The fraction of sp³-hybridized carbons (Fsp3) is 0.417. The molecule has 1 aliphatic carbocycles. The molecule has 1 aromatic heterocycles. The Morgan fingerprint density at radius 3 is 2.65 bits per heavy atom. The van der Waals surface area contributed by atoms with Crippen molar-refractivity contribution in [2.24, 2.45) is 5.92 Å². The summed E-state index contributed by atoms with van der Waals surface area (Å²) in [4.78, 5) is 8.12. The Bertz CT molecular complexity index is 1220. The van der Waals surface area contributed by atoms with Gasteiger partial charge in [0.05, 0.1) is 17.0 Å². The topological polar surface area (TPSA) is 60.8 Å². The van der Waals surface area contributed by atoms with E-state index < -0.39 is 10.1 Å². The minimum Gasteiger partial charge on any atom is -0.417 e. The first-order valence-electron chi connectivity index (χ1n) is 10.7. The normalized spacial score (nSPS) is 23.6. The van der Waals surface area contributed by atoms with Gasteiger partial charge in [0.1, 0.15) is 7.11 Å². The van der Waals surface area contributed by atoms with Crippen molar-refractivity contribution in [3.05, 3.63) is 65.4 Å². The number of hydrogen-bond donors (Lipinski definition) is 0. The van der Waals surface area contributed by atoms with Gasteiger partial charge in [-0.2, -0.15) is 13.1 Å². The summed E-state index contributed by atoms with van der Waals surface area (Å²) in [6.45, 7) is 2.95. The molecule has 1 aliphatic heterocycles. The SMILES string of the molecule is COn1cc2c3c(cccc31)[C@H]1C[C@@H](COS(=O)(=O)c3ccc(C)cc3)CN(C)[C@@H]1C2. The molecule has 31 heavy (non-hydrogen) atoms. The van der Waals surface area contributed by atoms with E-state index in [0.29, 0.717) is 12.0 Å². The summed E-state index contributed by atoms with van der Waals surface area (Å²) in [5, 5.41) is 1.29. The molecule has 7 heteroatoms. The number of benzene rings is 2. The number of hydrogen-bond acceptors (Lipinski definition) is 5. The number of aryl methyl sites for hydroxylation is 1. The maximum absolute atomic E-state index is 12.7. The smallest absolute Gasteiger partial charge is 0.296 e. The van der Waals surface area contributed by atoms with E-state index in [1.165, 1.54) is 16.5 Å². The zero-order valence-electron chi connectivity index (χ0n) is 18.1. The summed E-state index contributed by atoms with van der Waals surface area (Å²) in [7, 11) is 0.0742. The average Bonchev–Trinajstić information content (AvgIpc) is 3.12. The van der Waals surface area contributed by atoms with E-state index in [1.54, 1.807) is 31.4 Å². The zero-order chi connectivity index (χ0) is 21.8. The van der Waals surface area contributed by atoms with Crippen molar-refractivity contribution >= 4 is 21.0 Å². The largest absolute Gasteiger partial charge is 0.417 e. The number of likely N-dealkylation sites (tertiary alicyclic amines) is 1. The van der Waals surface area contributed by atoms with Crippen molar-refractivity contribution in [3.63, 3.8) is 0 Å². The molecule has 2 aromatic carbocycles. The maximum atomic E-state index is 12.7. The van der Waals surface area contributed by atoms with E-state index in [9.17, 15) is 8.42 Å². The predicted molar refractivity (Wildman–Crippen MR) is 120 cm³/mol. The Kier molecular flexibility index (Phi) is 5.07. The molecule has 0 unspecified atom stereocenters. The molecular formula is C24H28N2O4S. The van der Waals surface area contributed by atoms with Crippen LogP contribution in [-0.4, -0.2) is 51.4 Å². The Morgan fingerprint density at radius 2 is 1.90 bits per heavy atom. The number of fused-ring (bicyclic) bond motifs is 2. The molecule has 1 saturated heterocycles. The first-order valence-corrected chi connectivity index (χ1v) is 12.1. The molecule has 5 rings (SSSR count). The number of aromatic nitrogens is 1. The fourth-order valence-electron chi connectivity index (χ4n) is 5.36. The summed E-state index contributed by atoms with van der Waals surface area (Å²) in [6, 6.07) is 13.6. The molecule has 3 atom stereocenters. The van der Waals surface area contributed by atoms with Gasteiger partial charge in [0, 0.05) is 30.1 Å². The van der Waals surface area contributed by atoms with Crippen molar-refractivity contribution in [3.8, 4) is 0 Å². The van der Waals surface area contributed by atoms with Crippen molar-refractivity contribution in [2.75, 3.05) is 27.3 Å². The van der Waals surface area contributed by atoms with Crippen LogP contribution in [0.2, 0.25) is 0 Å². The highest BCUT2D eigenvalue weighted by molar-refractivity contribution is 7.86. The van der Waals surface area contributed by atoms with Gasteiger partial charge in [-0.15, -0.1) is 0 Å². The van der Waals surface area contributed by atoms with Crippen LogP contribution in [0.15, 0.2) is 53.6 Å². The Morgan fingerprint density at radius 1 is 1.13 bits per heavy atom. The highest BCUT2D eigenvalue weighted by atomic mass is 32.2. The number of nitrogens with zero attached hydrogens (tertiary/aromatic N) is 2. The fourth-order valence-corrected chi connectivity index (χ4v) is 6.34. The summed E-state index contributed by atoms with van der Waals surface area (Å²) in [5.41, 5.74) is 4.76. The van der Waals surface area contributed by atoms with Crippen LogP contribution >= 0.6 is 0 Å². The summed E-state index contributed by atoms with van der Waals surface area (Å²) in [6.07, 6.45) is 3.98. The van der Waals surface area contributed by atoms with Gasteiger partial charge >= 0.3 is 0 Å². The zero-order valence-corrected chi connectivity index (χ0v) is 18.9. The minimum absolute atomic E-state index is 0.146. The predicted octanol–water partition coefficient (Wildman–Crippen LogP) is 3.37. The van der Waals surface area contributed by atoms with Crippen LogP contribution in [0.1, 0.15) is 29.0 Å². The lowest BCUT2D eigenvalue weighted by atomic mass is 9.72. The molecule has 3 aromatic rings. The molecule has 2 heterocycles. The van der Waals surface area contributed by atoms with Crippen LogP contribution in [0.25, 0.3) is 10.9 Å². The van der Waals surface area contributed by atoms with E-state index in [4.69, 9.17) is 9.02 Å². The number of likely N-dealkylation sites (N-methyl/N-ethyl adjacent to an activating group) is 1. The second-order valence-electron chi connectivity index (χ2n) is 8.88. The van der Waals surface area contributed by atoms with E-state index in [-0.39, 0.29) is 17.4 Å². The van der Waals surface area contributed by atoms with Gasteiger partial charge in [-0.1, -0.05) is 29.8 Å². The lowest BCUT2D eigenvalue weighted by Gasteiger charge is -2.45. The quantitative estimate of drug-likeness (QED) is 0.570. The molecular weight excluding hydrogens is 412 g/mol. The molecule has 6 nitrogen and oxygen atoms in total. The summed E-state index contributed by atoms with van der Waals surface area (Å²) < 4.78 is 32.7. The standard InChI is InChI=1S/C24H28N2O4S/c1-16-7-9-19(10-8-16)31(27,28)30-15-17-11-21-20-5-4-6-22-24(20)18(14-26(22)29-3)12-23(21)25(2)13-17/h4-10,14,17,21,23H,11-13,15H2,1-3H3/t17-,21-,23-/m1/s1. The van der Waals surface area contributed by atoms with Crippen molar-refractivity contribution < 1.29 is 17.4 Å². The number of piperidine rings is 1. The molecule has 0 bridgehead atoms. The monoisotopic (exact) mass is 440 g/mol. The van der Waals surface area contributed by atoms with Gasteiger partial charge in [0.2, 0.25) is 0 Å². The second kappa shape index (κ2) is 7.65. The van der Waals surface area contributed by atoms with Gasteiger partial charge in [0.15, 0.2) is 0 Å². The van der Waals surface area contributed by atoms with Crippen LogP contribution in [0.5, 0.6) is 0 Å². The lowest BCUT2D eigenvalue weighted by molar-refractivity contribution is 0.0852. The van der Waals surface area contributed by atoms with Crippen molar-refractivity contribution in [1.82, 2.24) is 9.63 Å². The molecule has 0 amide bonds. The molecule has 1 fully saturated rings. The second-order valence-corrected chi connectivity index (χ2v) is 10.5. The van der Waals surface area contributed by atoms with E-state index in [0.717, 1.165) is 30.5 Å². The Balaban J connectivity index is 1.38. The van der Waals surface area contributed by atoms with Crippen LogP contribution in [0, 0.1) is 12.8 Å². The van der Waals surface area contributed by atoms with Gasteiger partial charge < -0.3 is 9.74 Å². The number of rotatable bonds is 5. The lowest BCUT2D eigenvalue weighted by Crippen LogP contribution is -2.48. The average molecular weight is 441 g/mol. The van der Waals surface area contributed by atoms with Crippen molar-refractivity contribution in [2.45, 2.75) is 36.6 Å². The third-order valence-electron chi connectivity index (χ3n) is 6.86. The van der Waals surface area contributed by atoms with Gasteiger partial charge in [0.25, 0.3) is 10.1 Å². The first kappa shape index (κ1) is 20.5. The first-order chi connectivity index (χ1) is 14.9. The highest BCUT2D eigenvalue weighted by Crippen LogP contribution is 2.44. The molecule has 0 radical (unpaired) electrons. The minimum atomic E-state index is -3.75. The van der Waals surface area contributed by atoms with Crippen molar-refractivity contribution in [1.29, 1.82) is 0 Å². The van der Waals surface area contributed by atoms with Crippen LogP contribution in [0.3, 0.4) is 0 Å². The molecule has 0 N–H and O–H groups in total. The van der Waals surface area contributed by atoms with Gasteiger partial charge in [-0.3, -0.25) is 4.18 Å². The van der Waals surface area contributed by atoms with E-state index in [1.807, 2.05) is 11.7 Å². The third kappa shape index (κ3) is 3.54. The summed E-state index contributed by atoms with van der Waals surface area (Å²) >= 11 is 0. The van der Waals surface area contributed by atoms with Crippen LogP contribution < -0.4 is 4.84 Å². The summed E-state index contributed by atoms with van der Waals surface area (Å²) in [5.74, 6) is 0.492. The van der Waals surface area contributed by atoms with E-state index >= 15 is 0 Å². The van der Waals surface area contributed by atoms with E-state index in [2.05, 4.69) is 36.3 Å². The maximum Gasteiger partial charge on any atom is 0.296 e. The van der Waals surface area contributed by atoms with Crippen LogP contribution in [-0.2, 0) is 20.7 Å². The van der Waals surface area contributed by atoms with Crippen LogP contribution in [0.4, 0.5) is 0 Å². The third-order valence-corrected chi connectivity index (χ3v) is 8.16. The van der Waals surface area contributed by atoms with Gasteiger partial charge in [-0.05, 0) is 62.1 Å². The highest BCUT2D eigenvalue weighted by Gasteiger charge is 2.40. The molecule has 164 valence electrons. The molecule has 0 spiro atoms.